The Bertz CT molecular complexity index is 1710. The molecule has 40 heavy (non-hydrogen) atoms. The van der Waals surface area contributed by atoms with Crippen LogP contribution in [0.3, 0.4) is 0 Å². The molecule has 0 aliphatic carbocycles. The summed E-state index contributed by atoms with van der Waals surface area (Å²) < 4.78 is 59.8. The monoisotopic (exact) mass is 550 g/mol. The molecule has 1 aromatic carbocycles. The molecule has 2 amide bonds. The highest BCUT2D eigenvalue weighted by molar-refractivity contribution is 5.97. The SMILES string of the molecule is [2H]C([2H])(c1cc(F)cc(F)c1OC1CCOCC1)N1CCc2ncc(-c3ccc4nc(NC(C)=O)cn4n3)cc2C1=O. The number of amides is 2. The largest absolute Gasteiger partial charge is 0.487 e. The molecule has 5 heterocycles. The van der Waals surface area contributed by atoms with Crippen molar-refractivity contribution in [2.75, 3.05) is 25.1 Å². The van der Waals surface area contributed by atoms with Gasteiger partial charge in [-0.15, -0.1) is 0 Å². The Morgan fingerprint density at radius 3 is 2.88 bits per heavy atom. The fraction of sp³-hybridized carbons (Fsp3) is 0.321. The number of fused-ring (bicyclic) bond motifs is 2. The predicted octanol–water partition coefficient (Wildman–Crippen LogP) is 3.78. The molecule has 4 aromatic rings. The maximum Gasteiger partial charge on any atom is 0.256 e. The van der Waals surface area contributed by atoms with Crippen LogP contribution in [0.4, 0.5) is 14.6 Å². The molecule has 1 fully saturated rings. The van der Waals surface area contributed by atoms with E-state index in [4.69, 9.17) is 12.2 Å². The molecule has 6 rings (SSSR count). The summed E-state index contributed by atoms with van der Waals surface area (Å²) in [7, 11) is 0. The van der Waals surface area contributed by atoms with Crippen LogP contribution in [-0.2, 0) is 22.4 Å². The van der Waals surface area contributed by atoms with Crippen LogP contribution in [0.1, 0.15) is 44.1 Å². The lowest BCUT2D eigenvalue weighted by Crippen LogP contribution is -2.38. The maximum atomic E-state index is 15.0. The first-order valence-electron chi connectivity index (χ1n) is 13.8. The molecule has 2 aliphatic heterocycles. The van der Waals surface area contributed by atoms with Crippen molar-refractivity contribution < 1.29 is 30.6 Å². The van der Waals surface area contributed by atoms with Crippen LogP contribution in [0.25, 0.3) is 16.9 Å². The molecular weight excluding hydrogens is 522 g/mol. The average molecular weight is 551 g/mol. The summed E-state index contributed by atoms with van der Waals surface area (Å²) >= 11 is 0. The van der Waals surface area contributed by atoms with Crippen LogP contribution < -0.4 is 10.1 Å². The van der Waals surface area contributed by atoms with Crippen molar-refractivity contribution in [2.45, 2.75) is 38.8 Å². The van der Waals surface area contributed by atoms with E-state index in [2.05, 4.69) is 20.4 Å². The van der Waals surface area contributed by atoms with E-state index in [9.17, 15) is 14.0 Å². The first-order valence-corrected chi connectivity index (χ1v) is 12.8. The van der Waals surface area contributed by atoms with Crippen molar-refractivity contribution in [1.82, 2.24) is 24.5 Å². The minimum Gasteiger partial charge on any atom is -0.487 e. The molecule has 10 nitrogen and oxygen atoms in total. The van der Waals surface area contributed by atoms with Gasteiger partial charge in [0.2, 0.25) is 5.91 Å². The number of carbonyl (C=O) groups excluding carboxylic acids is 2. The van der Waals surface area contributed by atoms with Gasteiger partial charge < -0.3 is 19.7 Å². The topological polar surface area (TPSA) is 111 Å². The summed E-state index contributed by atoms with van der Waals surface area (Å²) in [5.41, 5.74) is 1.65. The molecule has 2 aliphatic rings. The molecule has 12 heteroatoms. The number of hydrogen-bond donors (Lipinski definition) is 1. The van der Waals surface area contributed by atoms with Crippen LogP contribution in [0, 0.1) is 11.6 Å². The highest BCUT2D eigenvalue weighted by Gasteiger charge is 2.29. The van der Waals surface area contributed by atoms with E-state index in [1.807, 2.05) is 0 Å². The van der Waals surface area contributed by atoms with Gasteiger partial charge in [0.1, 0.15) is 11.9 Å². The molecule has 0 unspecified atom stereocenters. The van der Waals surface area contributed by atoms with Crippen LogP contribution in [0.5, 0.6) is 5.75 Å². The van der Waals surface area contributed by atoms with E-state index in [1.54, 1.807) is 30.6 Å². The molecule has 0 spiro atoms. The number of benzene rings is 1. The number of nitrogens with one attached hydrogen (secondary N) is 1. The Balaban J connectivity index is 1.32. The van der Waals surface area contributed by atoms with Crippen LogP contribution in [-0.4, -0.2) is 62.2 Å². The van der Waals surface area contributed by atoms with Crippen molar-refractivity contribution >= 4 is 23.3 Å². The van der Waals surface area contributed by atoms with Gasteiger partial charge in [-0.05, 0) is 24.3 Å². The number of rotatable bonds is 6. The van der Waals surface area contributed by atoms with Crippen molar-refractivity contribution in [2.24, 2.45) is 0 Å². The Morgan fingerprint density at radius 1 is 1.25 bits per heavy atom. The molecule has 206 valence electrons. The number of nitrogens with zero attached hydrogens (tertiary/aromatic N) is 5. The second-order valence-corrected chi connectivity index (χ2v) is 9.56. The lowest BCUT2D eigenvalue weighted by molar-refractivity contribution is -0.114. The molecule has 0 saturated carbocycles. The number of halogens is 2. The summed E-state index contributed by atoms with van der Waals surface area (Å²) in [5, 5.41) is 7.10. The van der Waals surface area contributed by atoms with E-state index in [0.717, 1.165) is 11.0 Å². The molecule has 1 N–H and O–H groups in total. The number of ether oxygens (including phenoxy) is 2. The average Bonchev–Trinajstić information content (AvgIpc) is 3.35. The van der Waals surface area contributed by atoms with E-state index < -0.39 is 41.5 Å². The van der Waals surface area contributed by atoms with Gasteiger partial charge in [-0.1, -0.05) is 0 Å². The van der Waals surface area contributed by atoms with Crippen molar-refractivity contribution in [3.63, 3.8) is 0 Å². The number of aromatic nitrogens is 4. The third-order valence-electron chi connectivity index (χ3n) is 6.65. The number of anilines is 1. The zero-order valence-electron chi connectivity index (χ0n) is 23.5. The van der Waals surface area contributed by atoms with Gasteiger partial charge in [0.15, 0.2) is 23.0 Å². The lowest BCUT2D eigenvalue weighted by atomic mass is 10.0. The molecule has 0 atom stereocenters. The number of imidazole rings is 1. The second-order valence-electron chi connectivity index (χ2n) is 9.56. The normalized spacial score (nSPS) is 16.9. The third-order valence-corrected chi connectivity index (χ3v) is 6.65. The second kappa shape index (κ2) is 10.6. The summed E-state index contributed by atoms with van der Waals surface area (Å²) in [6.07, 6.45) is 3.84. The van der Waals surface area contributed by atoms with Gasteiger partial charge in [-0.3, -0.25) is 14.6 Å². The quantitative estimate of drug-likeness (QED) is 0.389. The number of hydrogen-bond acceptors (Lipinski definition) is 7. The van der Waals surface area contributed by atoms with Crippen LogP contribution >= 0.6 is 0 Å². The van der Waals surface area contributed by atoms with Gasteiger partial charge in [0.25, 0.3) is 5.91 Å². The standard InChI is InChI=1S/C28H26F2N6O4/c1-16(37)32-25-15-36-26(33-25)3-2-23(34-36)17-11-21-24(31-13-17)4-7-35(28(21)38)14-18-10-19(29)12-22(30)27(18)40-20-5-8-39-9-6-20/h2-3,10-13,15,20H,4-9,14H2,1H3,(H,32,37)/i14D2. The number of carbonyl (C=O) groups is 2. The highest BCUT2D eigenvalue weighted by Crippen LogP contribution is 2.31. The summed E-state index contributed by atoms with van der Waals surface area (Å²) in [4.78, 5) is 34.8. The van der Waals surface area contributed by atoms with E-state index in [0.29, 0.717) is 60.5 Å². The van der Waals surface area contributed by atoms with Crippen molar-refractivity contribution in [3.05, 3.63) is 71.2 Å². The van der Waals surface area contributed by atoms with Gasteiger partial charge in [0.05, 0.1) is 39.1 Å². The van der Waals surface area contributed by atoms with Crippen molar-refractivity contribution in [3.8, 4) is 17.0 Å². The smallest absolute Gasteiger partial charge is 0.256 e. The van der Waals surface area contributed by atoms with Gasteiger partial charge >= 0.3 is 0 Å². The van der Waals surface area contributed by atoms with E-state index in [1.165, 1.54) is 11.4 Å². The third kappa shape index (κ3) is 5.22. The molecule has 3 aromatic heterocycles. The minimum absolute atomic E-state index is 0.0643. The molecule has 1 saturated heterocycles. The first kappa shape index (κ1) is 23.4. The Hall–Kier alpha value is -4.45. The Kier molecular flexibility index (Phi) is 6.22. The van der Waals surface area contributed by atoms with E-state index in [-0.39, 0.29) is 24.4 Å². The van der Waals surface area contributed by atoms with Crippen LogP contribution in [0.2, 0.25) is 0 Å². The fourth-order valence-corrected chi connectivity index (χ4v) is 4.73. The zero-order valence-corrected chi connectivity index (χ0v) is 21.5. The summed E-state index contributed by atoms with van der Waals surface area (Å²) in [5.74, 6) is -3.08. The summed E-state index contributed by atoms with van der Waals surface area (Å²) in [6, 6.07) is 6.45. The lowest BCUT2D eigenvalue weighted by Gasteiger charge is -2.30. The minimum atomic E-state index is -2.61. The summed E-state index contributed by atoms with van der Waals surface area (Å²) in [6.45, 7) is -0.486. The predicted molar refractivity (Wildman–Crippen MR) is 140 cm³/mol. The molecule has 0 radical (unpaired) electrons. The fourth-order valence-electron chi connectivity index (χ4n) is 4.73. The number of pyridine rings is 1. The van der Waals surface area contributed by atoms with Crippen LogP contribution in [0.15, 0.2) is 42.7 Å². The highest BCUT2D eigenvalue weighted by atomic mass is 19.1. The Labute approximate surface area is 230 Å². The van der Waals surface area contributed by atoms with Gasteiger partial charge in [0, 0.05) is 62.6 Å². The molecule has 0 bridgehead atoms. The van der Waals surface area contributed by atoms with Gasteiger partial charge in [-0.2, -0.15) is 5.10 Å². The zero-order chi connectivity index (χ0) is 29.6. The van der Waals surface area contributed by atoms with E-state index >= 15 is 4.39 Å². The van der Waals surface area contributed by atoms with Gasteiger partial charge in [-0.25, -0.2) is 18.3 Å². The Morgan fingerprint density at radius 2 is 2.08 bits per heavy atom. The first-order chi connectivity index (χ1) is 20.1. The molecular formula is C28H26F2N6O4. The maximum absolute atomic E-state index is 15.0. The van der Waals surface area contributed by atoms with Crippen molar-refractivity contribution in [1.29, 1.82) is 0 Å².